The van der Waals surface area contributed by atoms with E-state index in [0.717, 1.165) is 17.3 Å². The molecule has 0 unspecified atom stereocenters. The molecule has 0 fully saturated rings. The van der Waals surface area contributed by atoms with Crippen LogP contribution in [0.1, 0.15) is 68.2 Å². The largest absolute Gasteiger partial charge is 0.475 e. The van der Waals surface area contributed by atoms with Crippen LogP contribution >= 0.6 is 11.8 Å². The molecule has 0 spiro atoms. The number of hydrogen-bond acceptors (Lipinski definition) is 3. The number of carboxylic acid groups (broad SMARTS) is 1. The van der Waals surface area contributed by atoms with Crippen molar-refractivity contribution in [2.75, 3.05) is 5.75 Å². The van der Waals surface area contributed by atoms with Gasteiger partial charge in [0.05, 0.1) is 5.75 Å². The Labute approximate surface area is 119 Å². The van der Waals surface area contributed by atoms with Crippen LogP contribution in [0.4, 0.5) is 0 Å². The molecular formula is C15H24O3S. The molecule has 4 heteroatoms. The third kappa shape index (κ3) is 7.31. The number of rotatable bonds is 11. The molecule has 3 nitrogen and oxygen atoms in total. The Morgan fingerprint density at radius 3 is 2.47 bits per heavy atom. The summed E-state index contributed by atoms with van der Waals surface area (Å²) in [5.41, 5.74) is 0. The highest BCUT2D eigenvalue weighted by molar-refractivity contribution is 7.98. The smallest absolute Gasteiger partial charge is 0.371 e. The van der Waals surface area contributed by atoms with E-state index in [1.54, 1.807) is 6.07 Å². The van der Waals surface area contributed by atoms with E-state index in [-0.39, 0.29) is 5.76 Å². The van der Waals surface area contributed by atoms with Gasteiger partial charge in [-0.25, -0.2) is 4.79 Å². The van der Waals surface area contributed by atoms with E-state index in [4.69, 9.17) is 9.52 Å². The van der Waals surface area contributed by atoms with Crippen LogP contribution in [0.5, 0.6) is 0 Å². The number of hydrogen-bond donors (Lipinski definition) is 1. The van der Waals surface area contributed by atoms with Gasteiger partial charge in [0.1, 0.15) is 5.76 Å². The van der Waals surface area contributed by atoms with Crippen molar-refractivity contribution in [2.45, 2.75) is 57.6 Å². The first-order valence-electron chi connectivity index (χ1n) is 7.13. The summed E-state index contributed by atoms with van der Waals surface area (Å²) in [6.07, 6.45) is 9.27. The van der Waals surface area contributed by atoms with Gasteiger partial charge in [-0.05, 0) is 24.3 Å². The first-order chi connectivity index (χ1) is 9.24. The summed E-state index contributed by atoms with van der Waals surface area (Å²) in [7, 11) is 0. The van der Waals surface area contributed by atoms with Gasteiger partial charge in [-0.15, -0.1) is 0 Å². The fourth-order valence-corrected chi connectivity index (χ4v) is 2.81. The van der Waals surface area contributed by atoms with E-state index < -0.39 is 5.97 Å². The van der Waals surface area contributed by atoms with Crippen molar-refractivity contribution < 1.29 is 14.3 Å². The maximum Gasteiger partial charge on any atom is 0.371 e. The van der Waals surface area contributed by atoms with Gasteiger partial charge in [0.2, 0.25) is 5.76 Å². The quantitative estimate of drug-likeness (QED) is 0.583. The number of thioether (sulfide) groups is 1. The van der Waals surface area contributed by atoms with E-state index in [9.17, 15) is 4.79 Å². The van der Waals surface area contributed by atoms with Gasteiger partial charge < -0.3 is 9.52 Å². The highest BCUT2D eigenvalue weighted by atomic mass is 32.2. The van der Waals surface area contributed by atoms with Crippen LogP contribution in [0.2, 0.25) is 0 Å². The van der Waals surface area contributed by atoms with E-state index in [1.165, 1.54) is 51.0 Å². The Morgan fingerprint density at radius 1 is 1.16 bits per heavy atom. The minimum atomic E-state index is -0.997. The molecule has 0 saturated heterocycles. The normalized spacial score (nSPS) is 10.8. The number of unbranched alkanes of at least 4 members (excludes halogenated alkanes) is 6. The molecule has 0 atom stereocenters. The second kappa shape index (κ2) is 9.96. The molecule has 19 heavy (non-hydrogen) atoms. The zero-order valence-corrected chi connectivity index (χ0v) is 12.5. The molecule has 0 aliphatic rings. The van der Waals surface area contributed by atoms with Crippen LogP contribution in [0.3, 0.4) is 0 Å². The van der Waals surface area contributed by atoms with E-state index in [2.05, 4.69) is 6.92 Å². The Kier molecular flexibility index (Phi) is 8.47. The second-order valence-electron chi connectivity index (χ2n) is 4.75. The van der Waals surface area contributed by atoms with Crippen molar-refractivity contribution in [1.29, 1.82) is 0 Å². The lowest BCUT2D eigenvalue weighted by molar-refractivity contribution is 0.0661. The zero-order valence-electron chi connectivity index (χ0n) is 11.7. The lowest BCUT2D eigenvalue weighted by atomic mass is 10.1. The average molecular weight is 284 g/mol. The zero-order chi connectivity index (χ0) is 13.9. The van der Waals surface area contributed by atoms with Gasteiger partial charge in [-0.1, -0.05) is 45.4 Å². The Balaban J connectivity index is 1.97. The molecule has 1 aromatic rings. The third-order valence-corrected chi connectivity index (χ3v) is 4.07. The van der Waals surface area contributed by atoms with Crippen molar-refractivity contribution >= 4 is 17.7 Å². The Bertz CT molecular complexity index is 360. The first kappa shape index (κ1) is 16.2. The van der Waals surface area contributed by atoms with E-state index >= 15 is 0 Å². The summed E-state index contributed by atoms with van der Waals surface area (Å²) in [6.45, 7) is 2.24. The lowest BCUT2D eigenvalue weighted by Gasteiger charge is -2.01. The molecule has 0 radical (unpaired) electrons. The minimum absolute atomic E-state index is 0.0338. The fourth-order valence-electron chi connectivity index (χ4n) is 1.90. The molecule has 1 aromatic heterocycles. The minimum Gasteiger partial charge on any atom is -0.475 e. The third-order valence-electron chi connectivity index (χ3n) is 3.01. The Morgan fingerprint density at radius 2 is 1.84 bits per heavy atom. The highest BCUT2D eigenvalue weighted by Crippen LogP contribution is 2.17. The molecule has 1 heterocycles. The molecule has 0 aliphatic carbocycles. The summed E-state index contributed by atoms with van der Waals surface area (Å²) in [5.74, 6) is 1.68. The van der Waals surface area contributed by atoms with E-state index in [1.807, 2.05) is 11.8 Å². The lowest BCUT2D eigenvalue weighted by Crippen LogP contribution is -1.91. The molecule has 0 saturated carbocycles. The maximum absolute atomic E-state index is 10.6. The topological polar surface area (TPSA) is 50.4 Å². The summed E-state index contributed by atoms with van der Waals surface area (Å²) < 4.78 is 5.20. The van der Waals surface area contributed by atoms with Gasteiger partial charge in [0.25, 0.3) is 0 Å². The first-order valence-corrected chi connectivity index (χ1v) is 8.29. The van der Waals surface area contributed by atoms with Gasteiger partial charge in [0.15, 0.2) is 0 Å². The second-order valence-corrected chi connectivity index (χ2v) is 5.85. The number of aromatic carboxylic acids is 1. The van der Waals surface area contributed by atoms with Crippen molar-refractivity contribution in [3.63, 3.8) is 0 Å². The van der Waals surface area contributed by atoms with Crippen LogP contribution in [0, 0.1) is 0 Å². The van der Waals surface area contributed by atoms with Crippen LogP contribution in [0.15, 0.2) is 16.5 Å². The van der Waals surface area contributed by atoms with Crippen LogP contribution in [-0.2, 0) is 5.75 Å². The highest BCUT2D eigenvalue weighted by Gasteiger charge is 2.08. The van der Waals surface area contributed by atoms with Gasteiger partial charge in [-0.2, -0.15) is 11.8 Å². The molecule has 1 rings (SSSR count). The van der Waals surface area contributed by atoms with E-state index in [0.29, 0.717) is 0 Å². The predicted molar refractivity (Wildman–Crippen MR) is 79.8 cm³/mol. The Hall–Kier alpha value is -0.900. The van der Waals surface area contributed by atoms with Crippen molar-refractivity contribution in [1.82, 2.24) is 0 Å². The number of carbonyl (C=O) groups is 1. The molecular weight excluding hydrogens is 260 g/mol. The van der Waals surface area contributed by atoms with Crippen molar-refractivity contribution in [3.8, 4) is 0 Å². The molecule has 0 aliphatic heterocycles. The van der Waals surface area contributed by atoms with Crippen LogP contribution < -0.4 is 0 Å². The van der Waals surface area contributed by atoms with Crippen LogP contribution in [-0.4, -0.2) is 16.8 Å². The molecule has 1 N–H and O–H groups in total. The summed E-state index contributed by atoms with van der Waals surface area (Å²) in [4.78, 5) is 10.6. The van der Waals surface area contributed by atoms with Crippen molar-refractivity contribution in [3.05, 3.63) is 23.7 Å². The number of carboxylic acids is 1. The summed E-state index contributed by atoms with van der Waals surface area (Å²) in [6, 6.07) is 3.27. The van der Waals surface area contributed by atoms with Crippen LogP contribution in [0.25, 0.3) is 0 Å². The molecule has 0 aromatic carbocycles. The molecule has 0 bridgehead atoms. The monoisotopic (exact) mass is 284 g/mol. The SMILES string of the molecule is CCCCCCCCCSCc1ccc(C(=O)O)o1. The van der Waals surface area contributed by atoms with Crippen molar-refractivity contribution in [2.24, 2.45) is 0 Å². The van der Waals surface area contributed by atoms with Gasteiger partial charge in [0, 0.05) is 0 Å². The fraction of sp³-hybridized carbons (Fsp3) is 0.667. The average Bonchev–Trinajstić information content (AvgIpc) is 2.86. The predicted octanol–water partition coefficient (Wildman–Crippen LogP) is 4.96. The van der Waals surface area contributed by atoms with Gasteiger partial charge >= 0.3 is 5.97 Å². The molecule has 0 amide bonds. The number of furan rings is 1. The maximum atomic E-state index is 10.6. The summed E-state index contributed by atoms with van der Waals surface area (Å²) in [5, 5.41) is 8.73. The standard InChI is InChI=1S/C15H24O3S/c1-2-3-4-5-6-7-8-11-19-12-13-9-10-14(18-13)15(16)17/h9-10H,2-8,11-12H2,1H3,(H,16,17). The summed E-state index contributed by atoms with van der Waals surface area (Å²) >= 11 is 1.81. The van der Waals surface area contributed by atoms with Gasteiger partial charge in [-0.3, -0.25) is 0 Å². The molecule has 108 valence electrons.